The number of fused-ring (bicyclic) bond motifs is 1. The maximum Gasteiger partial charge on any atom is 0.220 e. The lowest BCUT2D eigenvalue weighted by Crippen LogP contribution is -2.23. The minimum Gasteiger partial charge on any atom is -0.441 e. The molecule has 3 heterocycles. The van der Waals surface area contributed by atoms with E-state index in [9.17, 15) is 9.18 Å². The lowest BCUT2D eigenvalue weighted by Gasteiger charge is -2.01. The van der Waals surface area contributed by atoms with E-state index < -0.39 is 0 Å². The third-order valence-corrected chi connectivity index (χ3v) is 4.64. The number of hydrogen-bond donors (Lipinski definition) is 1. The molecule has 0 aliphatic heterocycles. The minimum atomic E-state index is -0.368. The highest BCUT2D eigenvalue weighted by Gasteiger charge is 2.12. The summed E-state index contributed by atoms with van der Waals surface area (Å²) in [7, 11) is 0. The Morgan fingerprint density at radius 3 is 3.08 bits per heavy atom. The number of benzene rings is 1. The number of hydrogen-bond acceptors (Lipinski definition) is 5. The summed E-state index contributed by atoms with van der Waals surface area (Å²) in [4.78, 5) is 21.4. The molecule has 0 spiro atoms. The number of aryl methyl sites for hydroxylation is 1. The number of halogens is 1. The van der Waals surface area contributed by atoms with Gasteiger partial charge in [0.25, 0.3) is 0 Å². The summed E-state index contributed by atoms with van der Waals surface area (Å²) >= 11 is 1.54. The highest BCUT2D eigenvalue weighted by molar-refractivity contribution is 7.15. The lowest BCUT2D eigenvalue weighted by molar-refractivity contribution is -0.121. The largest absolute Gasteiger partial charge is 0.441 e. The fourth-order valence-corrected chi connectivity index (χ4v) is 3.29. The second kappa shape index (κ2) is 7.09. The lowest BCUT2D eigenvalue weighted by atomic mass is 10.2. The van der Waals surface area contributed by atoms with E-state index in [1.807, 2.05) is 22.2 Å². The molecule has 0 aliphatic rings. The summed E-state index contributed by atoms with van der Waals surface area (Å²) in [5.41, 5.74) is 1.17. The molecular weight excluding hydrogens is 355 g/mol. The molecule has 1 amide bonds. The summed E-state index contributed by atoms with van der Waals surface area (Å²) in [6.07, 6.45) is 5.87. The summed E-state index contributed by atoms with van der Waals surface area (Å²) in [6, 6.07) is 6.34. The predicted molar refractivity (Wildman–Crippen MR) is 95.1 cm³/mol. The van der Waals surface area contributed by atoms with Crippen LogP contribution in [0.1, 0.15) is 18.0 Å². The average Bonchev–Trinajstić information content (AvgIpc) is 3.34. The van der Waals surface area contributed by atoms with Crippen LogP contribution in [-0.4, -0.2) is 20.3 Å². The van der Waals surface area contributed by atoms with Crippen LogP contribution in [0.2, 0.25) is 0 Å². The maximum absolute atomic E-state index is 13.8. The third-order valence-electron chi connectivity index (χ3n) is 3.87. The van der Waals surface area contributed by atoms with Crippen LogP contribution in [0.5, 0.6) is 0 Å². The SMILES string of the molecule is O=C(CCc1ncc(-c2ccccc2F)o1)NCc1cn2ccsc2n1. The maximum atomic E-state index is 13.8. The van der Waals surface area contributed by atoms with Crippen molar-refractivity contribution in [3.05, 3.63) is 65.6 Å². The van der Waals surface area contributed by atoms with Gasteiger partial charge in [-0.05, 0) is 12.1 Å². The molecule has 0 fully saturated rings. The Morgan fingerprint density at radius 1 is 1.35 bits per heavy atom. The van der Waals surface area contributed by atoms with Crippen molar-refractivity contribution in [1.29, 1.82) is 0 Å². The first-order valence-electron chi connectivity index (χ1n) is 8.06. The molecule has 0 bridgehead atoms. The molecule has 1 N–H and O–H groups in total. The highest BCUT2D eigenvalue weighted by Crippen LogP contribution is 2.23. The van der Waals surface area contributed by atoms with Crippen molar-refractivity contribution in [2.45, 2.75) is 19.4 Å². The first-order valence-corrected chi connectivity index (χ1v) is 8.94. The Balaban J connectivity index is 1.30. The second-order valence-electron chi connectivity index (χ2n) is 5.70. The molecule has 0 atom stereocenters. The van der Waals surface area contributed by atoms with Gasteiger partial charge in [-0.15, -0.1) is 11.3 Å². The zero-order chi connectivity index (χ0) is 17.9. The van der Waals surface area contributed by atoms with Gasteiger partial charge in [-0.2, -0.15) is 0 Å². The van der Waals surface area contributed by atoms with Crippen LogP contribution in [0.25, 0.3) is 16.3 Å². The smallest absolute Gasteiger partial charge is 0.220 e. The van der Waals surface area contributed by atoms with Gasteiger partial charge in [-0.25, -0.2) is 14.4 Å². The molecule has 4 aromatic rings. The summed E-state index contributed by atoms with van der Waals surface area (Å²) in [5.74, 6) is 0.275. The van der Waals surface area contributed by atoms with Crippen LogP contribution >= 0.6 is 11.3 Å². The van der Waals surface area contributed by atoms with E-state index in [-0.39, 0.29) is 18.1 Å². The molecule has 1 aromatic carbocycles. The average molecular weight is 370 g/mol. The van der Waals surface area contributed by atoms with Crippen LogP contribution in [0.15, 0.2) is 52.7 Å². The van der Waals surface area contributed by atoms with Crippen LogP contribution in [0.4, 0.5) is 4.39 Å². The topological polar surface area (TPSA) is 72.4 Å². The number of nitrogens with zero attached hydrogens (tertiary/aromatic N) is 3. The molecule has 0 saturated carbocycles. The van der Waals surface area contributed by atoms with Gasteiger partial charge in [0, 0.05) is 30.6 Å². The standard InChI is InChI=1S/C18H15FN4O2S/c19-14-4-2-1-3-13(14)15-10-21-17(25-15)6-5-16(24)20-9-12-11-23-7-8-26-18(23)22-12/h1-4,7-8,10-11H,5-6,9H2,(H,20,24). The van der Waals surface area contributed by atoms with Crippen molar-refractivity contribution < 1.29 is 13.6 Å². The van der Waals surface area contributed by atoms with E-state index in [0.29, 0.717) is 30.2 Å². The summed E-state index contributed by atoms with van der Waals surface area (Å²) < 4.78 is 21.2. The molecule has 8 heteroatoms. The van der Waals surface area contributed by atoms with E-state index in [2.05, 4.69) is 15.3 Å². The van der Waals surface area contributed by atoms with Gasteiger partial charge in [-0.1, -0.05) is 12.1 Å². The van der Waals surface area contributed by atoms with Crippen molar-refractivity contribution in [2.24, 2.45) is 0 Å². The molecule has 6 nitrogen and oxygen atoms in total. The normalized spacial score (nSPS) is 11.1. The fraction of sp³-hybridized carbons (Fsp3) is 0.167. The summed E-state index contributed by atoms with van der Waals surface area (Å²) in [5, 5.41) is 4.78. The highest BCUT2D eigenvalue weighted by atomic mass is 32.1. The number of oxazole rings is 1. The first kappa shape index (κ1) is 16.5. The van der Waals surface area contributed by atoms with E-state index in [1.54, 1.807) is 29.5 Å². The van der Waals surface area contributed by atoms with Gasteiger partial charge in [0.1, 0.15) is 5.82 Å². The monoisotopic (exact) mass is 370 g/mol. The Hall–Kier alpha value is -3.00. The van der Waals surface area contributed by atoms with Gasteiger partial charge in [0.05, 0.1) is 24.0 Å². The molecule has 0 saturated heterocycles. The van der Waals surface area contributed by atoms with Gasteiger partial charge < -0.3 is 9.73 Å². The van der Waals surface area contributed by atoms with Gasteiger partial charge >= 0.3 is 0 Å². The van der Waals surface area contributed by atoms with Crippen LogP contribution in [-0.2, 0) is 17.8 Å². The Labute approximate surface area is 152 Å². The van der Waals surface area contributed by atoms with Crippen molar-refractivity contribution in [3.8, 4) is 11.3 Å². The number of carbonyl (C=O) groups is 1. The van der Waals surface area contributed by atoms with Gasteiger partial charge in [-0.3, -0.25) is 9.20 Å². The number of aromatic nitrogens is 3. The summed E-state index contributed by atoms with van der Waals surface area (Å²) in [6.45, 7) is 0.374. The van der Waals surface area contributed by atoms with E-state index in [1.165, 1.54) is 12.3 Å². The van der Waals surface area contributed by atoms with Crippen molar-refractivity contribution in [1.82, 2.24) is 19.7 Å². The Morgan fingerprint density at radius 2 is 2.23 bits per heavy atom. The Kier molecular flexibility index (Phi) is 4.49. The van der Waals surface area contributed by atoms with Crippen LogP contribution < -0.4 is 5.32 Å². The second-order valence-corrected chi connectivity index (χ2v) is 6.57. The van der Waals surface area contributed by atoms with Gasteiger partial charge in [0.15, 0.2) is 16.6 Å². The fourth-order valence-electron chi connectivity index (χ4n) is 2.57. The molecule has 3 aromatic heterocycles. The zero-order valence-electron chi connectivity index (χ0n) is 13.7. The van der Waals surface area contributed by atoms with Crippen molar-refractivity contribution in [3.63, 3.8) is 0 Å². The minimum absolute atomic E-state index is 0.119. The molecule has 0 unspecified atom stereocenters. The van der Waals surface area contributed by atoms with Gasteiger partial charge in [0.2, 0.25) is 5.91 Å². The van der Waals surface area contributed by atoms with Crippen molar-refractivity contribution >= 4 is 22.2 Å². The predicted octanol–water partition coefficient (Wildman–Crippen LogP) is 3.44. The molecule has 4 rings (SSSR count). The van der Waals surface area contributed by atoms with Crippen molar-refractivity contribution in [2.75, 3.05) is 0 Å². The van der Waals surface area contributed by atoms with Crippen LogP contribution in [0, 0.1) is 5.82 Å². The molecular formula is C18H15FN4O2S. The number of thiazole rings is 1. The number of rotatable bonds is 6. The number of carbonyl (C=O) groups excluding carboxylic acids is 1. The third kappa shape index (κ3) is 3.50. The van der Waals surface area contributed by atoms with E-state index >= 15 is 0 Å². The molecule has 26 heavy (non-hydrogen) atoms. The number of nitrogens with one attached hydrogen (secondary N) is 1. The van der Waals surface area contributed by atoms with E-state index in [0.717, 1.165) is 10.7 Å². The quantitative estimate of drug-likeness (QED) is 0.564. The van der Waals surface area contributed by atoms with Crippen LogP contribution in [0.3, 0.4) is 0 Å². The Bertz CT molecular complexity index is 1020. The molecule has 0 aliphatic carbocycles. The number of amides is 1. The molecule has 0 radical (unpaired) electrons. The first-order chi connectivity index (χ1) is 12.7. The van der Waals surface area contributed by atoms with E-state index in [4.69, 9.17) is 4.42 Å². The molecule has 132 valence electrons. The number of imidazole rings is 1. The zero-order valence-corrected chi connectivity index (χ0v) is 14.5.